The Labute approximate surface area is 157 Å². The molecule has 0 atom stereocenters. The molecule has 1 saturated heterocycles. The van der Waals surface area contributed by atoms with Gasteiger partial charge in [-0.05, 0) is 55.7 Å². The molecule has 1 fully saturated rings. The molecule has 7 heteroatoms. The van der Waals surface area contributed by atoms with Crippen LogP contribution in [0.5, 0.6) is 11.5 Å². The summed E-state index contributed by atoms with van der Waals surface area (Å²) < 4.78 is 10.5. The molecule has 0 unspecified atom stereocenters. The van der Waals surface area contributed by atoms with Gasteiger partial charge in [0.1, 0.15) is 0 Å². The van der Waals surface area contributed by atoms with Crippen LogP contribution in [-0.4, -0.2) is 31.7 Å². The second-order valence-corrected chi connectivity index (χ2v) is 6.57. The van der Waals surface area contributed by atoms with E-state index in [-0.39, 0.29) is 6.79 Å². The summed E-state index contributed by atoms with van der Waals surface area (Å²) in [6, 6.07) is 12.5. The fourth-order valence-corrected chi connectivity index (χ4v) is 3.26. The van der Waals surface area contributed by atoms with Gasteiger partial charge in [0.15, 0.2) is 11.5 Å². The van der Waals surface area contributed by atoms with Crippen LogP contribution in [0.1, 0.15) is 19.3 Å². The summed E-state index contributed by atoms with van der Waals surface area (Å²) >= 11 is 0. The first-order valence-corrected chi connectivity index (χ1v) is 9.06. The summed E-state index contributed by atoms with van der Waals surface area (Å²) in [5.41, 5.74) is 2.19. The predicted octanol–water partition coefficient (Wildman–Crippen LogP) is 2.98. The van der Waals surface area contributed by atoms with Crippen molar-refractivity contribution in [2.45, 2.75) is 19.3 Å². The van der Waals surface area contributed by atoms with Gasteiger partial charge in [-0.15, -0.1) is 0 Å². The average molecular weight is 367 g/mol. The Hall–Kier alpha value is -3.22. The van der Waals surface area contributed by atoms with Crippen molar-refractivity contribution in [3.8, 4) is 11.5 Å². The highest BCUT2D eigenvalue weighted by atomic mass is 16.7. The van der Waals surface area contributed by atoms with Gasteiger partial charge >= 0.3 is 11.8 Å². The molecule has 140 valence electrons. The highest BCUT2D eigenvalue weighted by Gasteiger charge is 2.18. The standard InChI is InChI=1S/C20H21N3O4/c24-19(20(25)22-15-6-9-17-18(12-15)27-13-26-17)21-14-4-7-16(8-5-14)23-10-2-1-3-11-23/h4-9,12H,1-3,10-11,13H2,(H,21,24)(H,22,25). The molecule has 0 radical (unpaired) electrons. The van der Waals surface area contributed by atoms with E-state index in [1.54, 1.807) is 18.2 Å². The number of carbonyl (C=O) groups excluding carboxylic acids is 2. The summed E-state index contributed by atoms with van der Waals surface area (Å²) in [5.74, 6) is -0.305. The van der Waals surface area contributed by atoms with Crippen molar-refractivity contribution in [1.29, 1.82) is 0 Å². The minimum absolute atomic E-state index is 0.153. The average Bonchev–Trinajstić information content (AvgIpc) is 3.17. The number of fused-ring (bicyclic) bond motifs is 1. The van der Waals surface area contributed by atoms with Crippen LogP contribution >= 0.6 is 0 Å². The fourth-order valence-electron chi connectivity index (χ4n) is 3.26. The minimum atomic E-state index is -0.742. The Morgan fingerprint density at radius 1 is 0.778 bits per heavy atom. The van der Waals surface area contributed by atoms with E-state index in [0.29, 0.717) is 22.9 Å². The van der Waals surface area contributed by atoms with Gasteiger partial charge in [0.2, 0.25) is 6.79 Å². The van der Waals surface area contributed by atoms with Crippen LogP contribution in [0.4, 0.5) is 17.1 Å². The summed E-state index contributed by atoms with van der Waals surface area (Å²) in [7, 11) is 0. The SMILES string of the molecule is O=C(Nc1ccc(N2CCCCC2)cc1)C(=O)Nc1ccc2c(c1)OCO2. The lowest BCUT2D eigenvalue weighted by Crippen LogP contribution is -2.30. The molecule has 2 heterocycles. The van der Waals surface area contributed by atoms with Gasteiger partial charge in [-0.2, -0.15) is 0 Å². The molecule has 0 spiro atoms. The van der Waals surface area contributed by atoms with E-state index < -0.39 is 11.8 Å². The summed E-state index contributed by atoms with van der Waals surface area (Å²) in [5, 5.41) is 5.18. The Morgan fingerprint density at radius 3 is 2.15 bits per heavy atom. The number of hydrogen-bond acceptors (Lipinski definition) is 5. The maximum absolute atomic E-state index is 12.1. The molecule has 0 aromatic heterocycles. The summed E-state index contributed by atoms with van der Waals surface area (Å²) in [4.78, 5) is 26.6. The van der Waals surface area contributed by atoms with Gasteiger partial charge in [0.25, 0.3) is 0 Å². The highest BCUT2D eigenvalue weighted by molar-refractivity contribution is 6.43. The topological polar surface area (TPSA) is 79.9 Å². The Balaban J connectivity index is 1.34. The first-order chi connectivity index (χ1) is 13.2. The predicted molar refractivity (Wildman–Crippen MR) is 102 cm³/mol. The second-order valence-electron chi connectivity index (χ2n) is 6.57. The maximum atomic E-state index is 12.1. The van der Waals surface area contributed by atoms with E-state index in [1.807, 2.05) is 24.3 Å². The largest absolute Gasteiger partial charge is 0.454 e. The zero-order chi connectivity index (χ0) is 18.6. The number of rotatable bonds is 3. The minimum Gasteiger partial charge on any atom is -0.454 e. The molecule has 2 aromatic rings. The Morgan fingerprint density at radius 2 is 1.41 bits per heavy atom. The molecule has 4 rings (SSSR count). The molecule has 2 amide bonds. The lowest BCUT2D eigenvalue weighted by atomic mass is 10.1. The van der Waals surface area contributed by atoms with Crippen molar-refractivity contribution in [2.75, 3.05) is 35.4 Å². The number of nitrogens with zero attached hydrogens (tertiary/aromatic N) is 1. The summed E-state index contributed by atoms with van der Waals surface area (Å²) in [6.07, 6.45) is 3.69. The smallest absolute Gasteiger partial charge is 0.314 e. The lowest BCUT2D eigenvalue weighted by molar-refractivity contribution is -0.132. The van der Waals surface area contributed by atoms with Crippen molar-refractivity contribution in [3.63, 3.8) is 0 Å². The van der Waals surface area contributed by atoms with Crippen LogP contribution in [0.25, 0.3) is 0 Å². The molecule has 0 bridgehead atoms. The van der Waals surface area contributed by atoms with Crippen molar-refractivity contribution in [3.05, 3.63) is 42.5 Å². The zero-order valence-electron chi connectivity index (χ0n) is 14.9. The lowest BCUT2D eigenvalue weighted by Gasteiger charge is -2.28. The number of benzene rings is 2. The highest BCUT2D eigenvalue weighted by Crippen LogP contribution is 2.34. The van der Waals surface area contributed by atoms with Crippen LogP contribution in [0.2, 0.25) is 0 Å². The van der Waals surface area contributed by atoms with Gasteiger partial charge in [0.05, 0.1) is 0 Å². The number of hydrogen-bond donors (Lipinski definition) is 2. The van der Waals surface area contributed by atoms with E-state index >= 15 is 0 Å². The number of anilines is 3. The molecule has 7 nitrogen and oxygen atoms in total. The van der Waals surface area contributed by atoms with Crippen molar-refractivity contribution in [2.24, 2.45) is 0 Å². The molecule has 27 heavy (non-hydrogen) atoms. The van der Waals surface area contributed by atoms with Crippen molar-refractivity contribution >= 4 is 28.9 Å². The molecule has 0 aliphatic carbocycles. The number of piperidine rings is 1. The third-order valence-electron chi connectivity index (χ3n) is 4.68. The van der Waals surface area contributed by atoms with Gasteiger partial charge in [-0.3, -0.25) is 9.59 Å². The molecule has 2 N–H and O–H groups in total. The van der Waals surface area contributed by atoms with Crippen molar-refractivity contribution < 1.29 is 19.1 Å². The first-order valence-electron chi connectivity index (χ1n) is 9.06. The number of amides is 2. The molecular formula is C20H21N3O4. The van der Waals surface area contributed by atoms with Gasteiger partial charge in [0, 0.05) is 36.2 Å². The van der Waals surface area contributed by atoms with Gasteiger partial charge in [-0.25, -0.2) is 0 Å². The van der Waals surface area contributed by atoms with Crippen LogP contribution in [-0.2, 0) is 9.59 Å². The van der Waals surface area contributed by atoms with E-state index in [1.165, 1.54) is 19.3 Å². The Bertz CT molecular complexity index is 845. The molecule has 0 saturated carbocycles. The van der Waals surface area contributed by atoms with Crippen LogP contribution in [0, 0.1) is 0 Å². The molecular weight excluding hydrogens is 346 g/mol. The molecule has 2 aliphatic heterocycles. The number of carbonyl (C=O) groups is 2. The zero-order valence-corrected chi connectivity index (χ0v) is 14.9. The van der Waals surface area contributed by atoms with E-state index in [2.05, 4.69) is 15.5 Å². The third kappa shape index (κ3) is 3.97. The van der Waals surface area contributed by atoms with E-state index in [0.717, 1.165) is 18.8 Å². The fraction of sp³-hybridized carbons (Fsp3) is 0.300. The van der Waals surface area contributed by atoms with Gasteiger partial charge < -0.3 is 25.0 Å². The molecule has 2 aromatic carbocycles. The molecule has 2 aliphatic rings. The monoisotopic (exact) mass is 367 g/mol. The normalized spacial score (nSPS) is 15.3. The Kier molecular flexibility index (Phi) is 4.82. The van der Waals surface area contributed by atoms with E-state index in [9.17, 15) is 9.59 Å². The second kappa shape index (κ2) is 7.57. The van der Waals surface area contributed by atoms with Gasteiger partial charge in [-0.1, -0.05) is 0 Å². The number of nitrogens with one attached hydrogen (secondary N) is 2. The van der Waals surface area contributed by atoms with Crippen LogP contribution in [0.3, 0.4) is 0 Å². The summed E-state index contributed by atoms with van der Waals surface area (Å²) in [6.45, 7) is 2.27. The van der Waals surface area contributed by atoms with Crippen LogP contribution in [0.15, 0.2) is 42.5 Å². The number of ether oxygens (including phenoxy) is 2. The van der Waals surface area contributed by atoms with E-state index in [4.69, 9.17) is 9.47 Å². The quantitative estimate of drug-likeness (QED) is 0.816. The third-order valence-corrected chi connectivity index (χ3v) is 4.68. The maximum Gasteiger partial charge on any atom is 0.314 e. The van der Waals surface area contributed by atoms with Crippen molar-refractivity contribution in [1.82, 2.24) is 0 Å². The first kappa shape index (κ1) is 17.2. The van der Waals surface area contributed by atoms with Crippen LogP contribution < -0.4 is 25.0 Å².